The van der Waals surface area contributed by atoms with Gasteiger partial charge in [-0.05, 0) is 53.9 Å². The zero-order valence-electron chi connectivity index (χ0n) is 16.5. The summed E-state index contributed by atoms with van der Waals surface area (Å²) in [7, 11) is 1.63. The molecule has 150 valence electrons. The van der Waals surface area contributed by atoms with Crippen molar-refractivity contribution >= 4 is 22.1 Å². The van der Waals surface area contributed by atoms with Crippen LogP contribution in [0.15, 0.2) is 71.2 Å². The fourth-order valence-electron chi connectivity index (χ4n) is 3.07. The Bertz CT molecular complexity index is 928. The van der Waals surface area contributed by atoms with Crippen LogP contribution in [0.3, 0.4) is 0 Å². The average molecular weight is 453 g/mol. The van der Waals surface area contributed by atoms with Crippen LogP contribution in [-0.2, 0) is 6.42 Å². The van der Waals surface area contributed by atoms with Gasteiger partial charge in [0, 0.05) is 22.8 Å². The molecule has 0 saturated carbocycles. The molecular formula is C24H25BrN2O2. The molecule has 0 aromatic heterocycles. The van der Waals surface area contributed by atoms with Gasteiger partial charge in [-0.2, -0.15) is 0 Å². The smallest absolute Gasteiger partial charge is 0.169 e. The van der Waals surface area contributed by atoms with Gasteiger partial charge in [0.1, 0.15) is 6.61 Å². The summed E-state index contributed by atoms with van der Waals surface area (Å²) in [5, 5.41) is 11.0. The minimum absolute atomic E-state index is 0.528. The monoisotopic (exact) mass is 452 g/mol. The van der Waals surface area contributed by atoms with Gasteiger partial charge in [-0.15, -0.1) is 0 Å². The van der Waals surface area contributed by atoms with E-state index in [0.29, 0.717) is 18.1 Å². The van der Waals surface area contributed by atoms with Gasteiger partial charge in [0.05, 0.1) is 7.11 Å². The quantitative estimate of drug-likeness (QED) is 0.322. The highest BCUT2D eigenvalue weighted by molar-refractivity contribution is 9.10. The Kier molecular flexibility index (Phi) is 7.85. The van der Waals surface area contributed by atoms with Gasteiger partial charge in [0.2, 0.25) is 0 Å². The zero-order valence-corrected chi connectivity index (χ0v) is 18.0. The summed E-state index contributed by atoms with van der Waals surface area (Å²) in [5.41, 5.74) is 4.04. The lowest BCUT2D eigenvalue weighted by Crippen LogP contribution is -2.23. The fraction of sp³-hybridized carbons (Fsp3) is 0.208. The molecule has 0 heterocycles. The fourth-order valence-corrected chi connectivity index (χ4v) is 3.34. The highest BCUT2D eigenvalue weighted by Crippen LogP contribution is 2.39. The standard InChI is InChI=1S/C24H25BrN2O2/c1-28-23-16-19(17-26)15-22(20-5-3-2-4-6-20)24(23)29-14-13-27-12-11-18-7-9-21(25)10-8-18/h2-10,15-17,26-27H,11-14H2,1H3. The van der Waals surface area contributed by atoms with E-state index in [1.54, 1.807) is 7.11 Å². The van der Waals surface area contributed by atoms with Crippen LogP contribution in [0.5, 0.6) is 11.5 Å². The molecule has 0 aliphatic rings. The number of rotatable bonds is 10. The summed E-state index contributed by atoms with van der Waals surface area (Å²) in [6, 6.07) is 22.2. The second-order valence-electron chi connectivity index (χ2n) is 6.59. The normalized spacial score (nSPS) is 10.6. The van der Waals surface area contributed by atoms with Crippen LogP contribution in [-0.4, -0.2) is 33.0 Å². The molecule has 5 heteroatoms. The first-order valence-corrected chi connectivity index (χ1v) is 10.4. The van der Waals surface area contributed by atoms with Crippen molar-refractivity contribution in [3.63, 3.8) is 0 Å². The first-order chi connectivity index (χ1) is 14.2. The van der Waals surface area contributed by atoms with Crippen molar-refractivity contribution in [2.24, 2.45) is 0 Å². The second-order valence-corrected chi connectivity index (χ2v) is 7.50. The zero-order chi connectivity index (χ0) is 20.5. The molecule has 2 N–H and O–H groups in total. The molecule has 0 bridgehead atoms. The van der Waals surface area contributed by atoms with Crippen LogP contribution < -0.4 is 14.8 Å². The predicted octanol–water partition coefficient (Wildman–Crippen LogP) is 5.33. The van der Waals surface area contributed by atoms with Gasteiger partial charge in [-0.1, -0.05) is 58.4 Å². The molecule has 0 atom stereocenters. The van der Waals surface area contributed by atoms with Gasteiger partial charge in [0.25, 0.3) is 0 Å². The Labute approximate surface area is 180 Å². The number of benzene rings is 3. The van der Waals surface area contributed by atoms with Crippen molar-refractivity contribution in [1.29, 1.82) is 5.41 Å². The number of hydrogen-bond acceptors (Lipinski definition) is 4. The maximum Gasteiger partial charge on any atom is 0.169 e. The van der Waals surface area contributed by atoms with Crippen molar-refractivity contribution in [2.45, 2.75) is 6.42 Å². The van der Waals surface area contributed by atoms with Gasteiger partial charge in [0.15, 0.2) is 11.5 Å². The Hall–Kier alpha value is -2.63. The van der Waals surface area contributed by atoms with E-state index < -0.39 is 0 Å². The molecule has 0 saturated heterocycles. The lowest BCUT2D eigenvalue weighted by molar-refractivity contribution is 0.294. The Morgan fingerprint density at radius 2 is 1.76 bits per heavy atom. The number of nitrogens with one attached hydrogen (secondary N) is 2. The maximum atomic E-state index is 7.61. The highest BCUT2D eigenvalue weighted by atomic mass is 79.9. The van der Waals surface area contributed by atoms with Crippen LogP contribution in [0.4, 0.5) is 0 Å². The largest absolute Gasteiger partial charge is 0.493 e. The molecule has 3 aromatic carbocycles. The van der Waals surface area contributed by atoms with Crippen LogP contribution in [0.1, 0.15) is 11.1 Å². The lowest BCUT2D eigenvalue weighted by Gasteiger charge is -2.17. The van der Waals surface area contributed by atoms with E-state index in [9.17, 15) is 0 Å². The summed E-state index contributed by atoms with van der Waals surface area (Å²) >= 11 is 3.46. The van der Waals surface area contributed by atoms with Crippen molar-refractivity contribution in [3.05, 3.63) is 82.3 Å². The van der Waals surface area contributed by atoms with E-state index in [0.717, 1.165) is 40.7 Å². The van der Waals surface area contributed by atoms with E-state index in [4.69, 9.17) is 14.9 Å². The third kappa shape index (κ3) is 5.92. The van der Waals surface area contributed by atoms with E-state index in [-0.39, 0.29) is 0 Å². The average Bonchev–Trinajstić information content (AvgIpc) is 2.77. The number of hydrogen-bond donors (Lipinski definition) is 2. The number of ether oxygens (including phenoxy) is 2. The molecule has 0 unspecified atom stereocenters. The van der Waals surface area contributed by atoms with E-state index in [2.05, 4.69) is 45.5 Å². The summed E-state index contributed by atoms with van der Waals surface area (Å²) < 4.78 is 12.8. The summed E-state index contributed by atoms with van der Waals surface area (Å²) in [6.07, 6.45) is 2.29. The molecule has 0 aliphatic carbocycles. The highest BCUT2D eigenvalue weighted by Gasteiger charge is 2.14. The Morgan fingerprint density at radius 1 is 1.00 bits per heavy atom. The summed E-state index contributed by atoms with van der Waals surface area (Å²) in [5.74, 6) is 1.35. The maximum absolute atomic E-state index is 7.61. The summed E-state index contributed by atoms with van der Waals surface area (Å²) in [6.45, 7) is 2.15. The molecule has 0 fully saturated rings. The summed E-state index contributed by atoms with van der Waals surface area (Å²) in [4.78, 5) is 0. The van der Waals surface area contributed by atoms with E-state index in [1.807, 2.05) is 42.5 Å². The molecule has 29 heavy (non-hydrogen) atoms. The molecule has 3 rings (SSSR count). The number of methoxy groups -OCH3 is 1. The molecular weight excluding hydrogens is 428 g/mol. The van der Waals surface area contributed by atoms with Crippen LogP contribution >= 0.6 is 15.9 Å². The SMILES string of the molecule is COc1cc(C=N)cc(-c2ccccc2)c1OCCNCCc1ccc(Br)cc1. The predicted molar refractivity (Wildman–Crippen MR) is 123 cm³/mol. The van der Waals surface area contributed by atoms with Gasteiger partial charge >= 0.3 is 0 Å². The molecule has 3 aromatic rings. The van der Waals surface area contributed by atoms with Crippen molar-refractivity contribution in [2.75, 3.05) is 26.8 Å². The van der Waals surface area contributed by atoms with Crippen LogP contribution in [0.25, 0.3) is 11.1 Å². The molecule has 0 amide bonds. The third-order valence-electron chi connectivity index (χ3n) is 4.58. The van der Waals surface area contributed by atoms with E-state index in [1.165, 1.54) is 11.8 Å². The van der Waals surface area contributed by atoms with E-state index >= 15 is 0 Å². The molecule has 0 radical (unpaired) electrons. The Morgan fingerprint density at radius 3 is 2.45 bits per heavy atom. The van der Waals surface area contributed by atoms with Crippen LogP contribution in [0.2, 0.25) is 0 Å². The third-order valence-corrected chi connectivity index (χ3v) is 5.11. The van der Waals surface area contributed by atoms with Gasteiger partial charge in [-0.3, -0.25) is 0 Å². The lowest BCUT2D eigenvalue weighted by atomic mass is 10.0. The molecule has 0 spiro atoms. The van der Waals surface area contributed by atoms with Gasteiger partial charge in [-0.25, -0.2) is 0 Å². The minimum Gasteiger partial charge on any atom is -0.493 e. The van der Waals surface area contributed by atoms with Crippen LogP contribution in [0, 0.1) is 5.41 Å². The molecule has 0 aliphatic heterocycles. The Balaban J connectivity index is 1.62. The van der Waals surface area contributed by atoms with Crippen molar-refractivity contribution in [3.8, 4) is 22.6 Å². The first-order valence-electron chi connectivity index (χ1n) is 9.57. The second kappa shape index (κ2) is 10.8. The van der Waals surface area contributed by atoms with Crippen molar-refractivity contribution in [1.82, 2.24) is 5.32 Å². The topological polar surface area (TPSA) is 54.3 Å². The number of halogens is 1. The molecule has 4 nitrogen and oxygen atoms in total. The van der Waals surface area contributed by atoms with Crippen molar-refractivity contribution < 1.29 is 9.47 Å². The van der Waals surface area contributed by atoms with Gasteiger partial charge < -0.3 is 20.2 Å². The first kappa shape index (κ1) is 21.1. The minimum atomic E-state index is 0.528.